The SMILES string of the molecule is COc1ccc([C@@H]2OCC[C@@](C)(OO)[C@@H]2C2=C(O)C(C)(C)C(=O)C(C)(C)C2=O)cc1. The topological polar surface area (TPSA) is 102 Å². The Balaban J connectivity index is 2.23. The molecule has 0 bridgehead atoms. The Morgan fingerprint density at radius 1 is 1.03 bits per heavy atom. The maximum Gasteiger partial charge on any atom is 0.175 e. The van der Waals surface area contributed by atoms with E-state index < -0.39 is 34.2 Å². The number of rotatable bonds is 4. The number of carbonyl (C=O) groups is 2. The highest BCUT2D eigenvalue weighted by atomic mass is 17.1. The number of methoxy groups -OCH3 is 1. The first kappa shape index (κ1) is 22.5. The molecule has 3 rings (SSSR count). The van der Waals surface area contributed by atoms with E-state index in [1.165, 1.54) is 0 Å². The number of aliphatic hydroxyl groups is 1. The molecule has 1 heterocycles. The van der Waals surface area contributed by atoms with Crippen LogP contribution < -0.4 is 4.74 Å². The maximum atomic E-state index is 13.5. The van der Waals surface area contributed by atoms with E-state index in [1.54, 1.807) is 53.9 Å². The van der Waals surface area contributed by atoms with E-state index in [0.29, 0.717) is 12.2 Å². The normalized spacial score (nSPS) is 31.0. The van der Waals surface area contributed by atoms with Crippen LogP contribution in [0.15, 0.2) is 35.6 Å². The summed E-state index contributed by atoms with van der Waals surface area (Å²) in [6, 6.07) is 7.17. The van der Waals surface area contributed by atoms with E-state index in [1.807, 2.05) is 12.1 Å². The molecule has 2 aliphatic rings. The number of hydrogen-bond donors (Lipinski definition) is 2. The number of benzene rings is 1. The maximum absolute atomic E-state index is 13.5. The summed E-state index contributed by atoms with van der Waals surface area (Å²) >= 11 is 0. The van der Waals surface area contributed by atoms with Gasteiger partial charge >= 0.3 is 0 Å². The van der Waals surface area contributed by atoms with Crippen molar-refractivity contribution >= 4 is 11.6 Å². The van der Waals surface area contributed by atoms with Gasteiger partial charge in [-0.25, -0.2) is 4.89 Å². The average Bonchev–Trinajstić information content (AvgIpc) is 2.73. The van der Waals surface area contributed by atoms with Gasteiger partial charge in [-0.3, -0.25) is 14.8 Å². The van der Waals surface area contributed by atoms with E-state index in [-0.39, 0.29) is 23.7 Å². The molecule has 7 nitrogen and oxygen atoms in total. The van der Waals surface area contributed by atoms with E-state index >= 15 is 0 Å². The summed E-state index contributed by atoms with van der Waals surface area (Å²) < 4.78 is 11.3. The first-order chi connectivity index (χ1) is 13.9. The summed E-state index contributed by atoms with van der Waals surface area (Å²) in [7, 11) is 1.57. The molecule has 1 aliphatic heterocycles. The van der Waals surface area contributed by atoms with E-state index in [2.05, 4.69) is 0 Å². The van der Waals surface area contributed by atoms with Crippen molar-refractivity contribution in [2.75, 3.05) is 13.7 Å². The summed E-state index contributed by atoms with van der Waals surface area (Å²) in [5.41, 5.74) is -2.98. The smallest absolute Gasteiger partial charge is 0.175 e. The first-order valence-corrected chi connectivity index (χ1v) is 10.0. The van der Waals surface area contributed by atoms with Crippen molar-refractivity contribution in [2.24, 2.45) is 16.7 Å². The van der Waals surface area contributed by atoms with Crippen molar-refractivity contribution in [1.29, 1.82) is 0 Å². The Morgan fingerprint density at radius 2 is 1.63 bits per heavy atom. The lowest BCUT2D eigenvalue weighted by Gasteiger charge is -2.48. The molecule has 0 saturated carbocycles. The summed E-state index contributed by atoms with van der Waals surface area (Å²) in [4.78, 5) is 31.3. The molecule has 1 aromatic carbocycles. The van der Waals surface area contributed by atoms with Gasteiger partial charge in [0.05, 0.1) is 36.6 Å². The minimum atomic E-state index is -1.33. The number of ketones is 2. The van der Waals surface area contributed by atoms with Crippen molar-refractivity contribution in [3.63, 3.8) is 0 Å². The number of ether oxygens (including phenoxy) is 2. The van der Waals surface area contributed by atoms with Gasteiger partial charge in [-0.1, -0.05) is 12.1 Å². The largest absolute Gasteiger partial charge is 0.511 e. The van der Waals surface area contributed by atoms with Crippen LogP contribution in [0, 0.1) is 16.7 Å². The summed E-state index contributed by atoms with van der Waals surface area (Å²) in [5.74, 6) is -1.30. The third kappa shape index (κ3) is 3.25. The van der Waals surface area contributed by atoms with Crippen molar-refractivity contribution in [1.82, 2.24) is 0 Å². The van der Waals surface area contributed by atoms with Crippen LogP contribution in [0.2, 0.25) is 0 Å². The summed E-state index contributed by atoms with van der Waals surface area (Å²) in [5, 5.41) is 20.9. The van der Waals surface area contributed by atoms with Crippen molar-refractivity contribution in [3.05, 3.63) is 41.2 Å². The van der Waals surface area contributed by atoms with Crippen molar-refractivity contribution in [2.45, 2.75) is 52.7 Å². The molecule has 30 heavy (non-hydrogen) atoms. The lowest BCUT2D eigenvalue weighted by atomic mass is 9.58. The molecule has 0 aromatic heterocycles. The molecule has 1 fully saturated rings. The fourth-order valence-corrected chi connectivity index (χ4v) is 4.66. The lowest BCUT2D eigenvalue weighted by Crippen LogP contribution is -2.55. The van der Waals surface area contributed by atoms with E-state index in [0.717, 1.165) is 5.56 Å². The van der Waals surface area contributed by atoms with Gasteiger partial charge in [-0.05, 0) is 52.3 Å². The molecule has 0 amide bonds. The number of hydrogen-bond acceptors (Lipinski definition) is 7. The van der Waals surface area contributed by atoms with Gasteiger partial charge in [0.15, 0.2) is 11.6 Å². The molecule has 0 unspecified atom stereocenters. The van der Waals surface area contributed by atoms with Crippen LogP contribution in [0.1, 0.15) is 52.7 Å². The van der Waals surface area contributed by atoms with Crippen LogP contribution in [0.4, 0.5) is 0 Å². The molecule has 2 N–H and O–H groups in total. The molecular formula is C23H30O7. The highest BCUT2D eigenvalue weighted by molar-refractivity contribution is 6.19. The Labute approximate surface area is 176 Å². The molecule has 164 valence electrons. The minimum Gasteiger partial charge on any atom is -0.511 e. The zero-order chi connectivity index (χ0) is 22.5. The monoisotopic (exact) mass is 418 g/mol. The molecule has 1 saturated heterocycles. The van der Waals surface area contributed by atoms with Crippen LogP contribution in [0.5, 0.6) is 5.75 Å². The average molecular weight is 418 g/mol. The Bertz CT molecular complexity index is 881. The molecule has 1 aliphatic carbocycles. The van der Waals surface area contributed by atoms with Gasteiger partial charge in [0, 0.05) is 12.0 Å². The number of Topliss-reactive ketones (excluding diaryl/α,β-unsaturated/α-hetero) is 2. The minimum absolute atomic E-state index is 0.0710. The van der Waals surface area contributed by atoms with Gasteiger partial charge in [-0.2, -0.15) is 0 Å². The fourth-order valence-electron chi connectivity index (χ4n) is 4.66. The van der Waals surface area contributed by atoms with Gasteiger partial charge in [0.2, 0.25) is 0 Å². The van der Waals surface area contributed by atoms with Gasteiger partial charge < -0.3 is 14.6 Å². The van der Waals surface area contributed by atoms with Crippen LogP contribution in [0.25, 0.3) is 0 Å². The van der Waals surface area contributed by atoms with Crippen molar-refractivity contribution < 1.29 is 34.3 Å². The zero-order valence-corrected chi connectivity index (χ0v) is 18.3. The highest BCUT2D eigenvalue weighted by Crippen LogP contribution is 2.53. The first-order valence-electron chi connectivity index (χ1n) is 10.0. The second-order valence-corrected chi connectivity index (χ2v) is 9.37. The molecule has 0 spiro atoms. The van der Waals surface area contributed by atoms with Gasteiger partial charge in [0.1, 0.15) is 17.1 Å². The Morgan fingerprint density at radius 3 is 2.17 bits per heavy atom. The fraction of sp³-hybridized carbons (Fsp3) is 0.565. The summed E-state index contributed by atoms with van der Waals surface area (Å²) in [6.07, 6.45) is -0.373. The molecule has 1 aromatic rings. The van der Waals surface area contributed by atoms with Crippen LogP contribution in [0.3, 0.4) is 0 Å². The quantitative estimate of drug-likeness (QED) is 0.432. The molecular weight excluding hydrogens is 388 g/mol. The zero-order valence-electron chi connectivity index (χ0n) is 18.3. The number of allylic oxidation sites excluding steroid dienone is 1. The Kier molecular flexibility index (Phi) is 5.60. The van der Waals surface area contributed by atoms with Gasteiger partial charge in [-0.15, -0.1) is 0 Å². The number of carbonyl (C=O) groups excluding carboxylic acids is 2. The lowest BCUT2D eigenvalue weighted by molar-refractivity contribution is -0.350. The summed E-state index contributed by atoms with van der Waals surface area (Å²) in [6.45, 7) is 8.30. The third-order valence-corrected chi connectivity index (χ3v) is 6.62. The van der Waals surface area contributed by atoms with Crippen LogP contribution in [-0.4, -0.2) is 41.2 Å². The van der Waals surface area contributed by atoms with Crippen LogP contribution in [-0.2, 0) is 19.2 Å². The van der Waals surface area contributed by atoms with Gasteiger partial charge in [0.25, 0.3) is 0 Å². The van der Waals surface area contributed by atoms with E-state index in [4.69, 9.17) is 14.4 Å². The number of aliphatic hydroxyl groups excluding tert-OH is 1. The Hall–Kier alpha value is -2.22. The molecule has 7 heteroatoms. The van der Waals surface area contributed by atoms with Crippen LogP contribution >= 0.6 is 0 Å². The third-order valence-electron chi connectivity index (χ3n) is 6.62. The van der Waals surface area contributed by atoms with E-state index in [9.17, 15) is 20.0 Å². The molecule has 3 atom stereocenters. The second kappa shape index (κ2) is 7.48. The predicted molar refractivity (Wildman–Crippen MR) is 109 cm³/mol. The highest BCUT2D eigenvalue weighted by Gasteiger charge is 2.59. The predicted octanol–water partition coefficient (Wildman–Crippen LogP) is 4.04. The second-order valence-electron chi connectivity index (χ2n) is 9.37. The molecule has 0 radical (unpaired) electrons. The van der Waals surface area contributed by atoms with Crippen molar-refractivity contribution in [3.8, 4) is 5.75 Å². The standard InChI is InChI=1S/C23H30O7/c1-21(2)18(24)15(19(25)22(3,4)20(21)26)16-17(29-12-11-23(16,5)30-27)13-7-9-14(28-6)10-8-13/h7-10,16-17,24,27H,11-12H2,1-6H3/t16-,17+,23-/m1/s1.